The van der Waals surface area contributed by atoms with E-state index in [0.29, 0.717) is 63.1 Å². The van der Waals surface area contributed by atoms with Crippen molar-refractivity contribution < 1.29 is 61.7 Å². The molecule has 0 bridgehead atoms. The molecular formula is C39H35ClF3N3O10. The fourth-order valence-electron chi connectivity index (χ4n) is 6.34. The molecule has 1 saturated carbocycles. The van der Waals surface area contributed by atoms with Crippen molar-refractivity contribution in [2.24, 2.45) is 0 Å². The van der Waals surface area contributed by atoms with Crippen molar-refractivity contribution in [3.8, 4) is 28.7 Å². The smallest absolute Gasteiger partial charge is 0.415 e. The lowest BCUT2D eigenvalue weighted by atomic mass is 9.92. The van der Waals surface area contributed by atoms with E-state index in [-0.39, 0.29) is 63.9 Å². The molecule has 0 atom stereocenters. The van der Waals surface area contributed by atoms with Crippen LogP contribution in [0.1, 0.15) is 36.0 Å². The fraction of sp³-hybridized carbons (Fsp3) is 0.282. The molecule has 3 aliphatic rings. The number of amides is 2. The highest BCUT2D eigenvalue weighted by molar-refractivity contribution is 6.31. The van der Waals surface area contributed by atoms with Crippen LogP contribution in [-0.2, 0) is 22.8 Å². The monoisotopic (exact) mass is 797 g/mol. The van der Waals surface area contributed by atoms with E-state index in [1.54, 1.807) is 59.5 Å². The summed E-state index contributed by atoms with van der Waals surface area (Å²) in [4.78, 5) is 36.0. The van der Waals surface area contributed by atoms with E-state index in [9.17, 15) is 22.8 Å². The van der Waals surface area contributed by atoms with Gasteiger partial charge in [-0.25, -0.2) is 22.8 Å². The molecule has 2 aliphatic heterocycles. The van der Waals surface area contributed by atoms with Gasteiger partial charge in [0.25, 0.3) is 5.91 Å². The van der Waals surface area contributed by atoms with Crippen LogP contribution in [0.15, 0.2) is 78.4 Å². The third kappa shape index (κ3) is 9.29. The second-order valence-corrected chi connectivity index (χ2v) is 13.5. The Morgan fingerprint density at radius 3 is 2.32 bits per heavy atom. The van der Waals surface area contributed by atoms with Crippen molar-refractivity contribution in [1.82, 2.24) is 15.2 Å². The average Bonchev–Trinajstić information content (AvgIpc) is 3.92. The van der Waals surface area contributed by atoms with Gasteiger partial charge < -0.3 is 33.5 Å². The molecule has 1 aliphatic carbocycles. The van der Waals surface area contributed by atoms with Crippen LogP contribution in [0.3, 0.4) is 0 Å². The number of hydrogen-bond acceptors (Lipinski definition) is 11. The molecule has 56 heavy (non-hydrogen) atoms. The standard InChI is InChI=1S/C39H35ClF3N3O10/c40-32-18-36-35(53-22-54-36)15-25(32)19-45(27-6-7-27)38(47)31-20-44(39(48)56-29-3-1-2-23(14-29)21-55-46(49)50)11-10-30(31)24-4-8-28(9-5-24)51-12-13-52-37-33(42)16-26(41)17-34(37)43/h1-5,8-9,14-18,27,49-50H,6-7,10-13,19-22H2. The number of fused-ring (bicyclic) bond motifs is 1. The first-order valence-corrected chi connectivity index (χ1v) is 17.9. The molecule has 4 aromatic carbocycles. The molecule has 7 rings (SSSR count). The van der Waals surface area contributed by atoms with Gasteiger partial charge in [-0.2, -0.15) is 0 Å². The first kappa shape index (κ1) is 38.7. The second-order valence-electron chi connectivity index (χ2n) is 13.1. The zero-order valence-corrected chi connectivity index (χ0v) is 30.3. The molecule has 2 N–H and O–H groups in total. The Morgan fingerprint density at radius 1 is 0.893 bits per heavy atom. The van der Waals surface area contributed by atoms with E-state index in [2.05, 4.69) is 4.84 Å². The van der Waals surface area contributed by atoms with Crippen LogP contribution in [0.25, 0.3) is 5.57 Å². The Labute approximate surface area is 323 Å². The summed E-state index contributed by atoms with van der Waals surface area (Å²) in [6.45, 7) is -0.0820. The number of halogens is 4. The molecule has 2 amide bonds. The second kappa shape index (κ2) is 17.1. The van der Waals surface area contributed by atoms with Crippen LogP contribution in [0.5, 0.6) is 28.7 Å². The van der Waals surface area contributed by atoms with Gasteiger partial charge in [0, 0.05) is 47.9 Å². The minimum Gasteiger partial charge on any atom is -0.490 e. The number of nitrogens with zero attached hydrogens (tertiary/aromatic N) is 3. The first-order chi connectivity index (χ1) is 27.0. The maximum absolute atomic E-state index is 14.7. The highest BCUT2D eigenvalue weighted by atomic mass is 35.5. The van der Waals surface area contributed by atoms with Gasteiger partial charge in [-0.3, -0.25) is 15.2 Å². The van der Waals surface area contributed by atoms with E-state index >= 15 is 0 Å². The minimum absolute atomic E-state index is 0.0475. The van der Waals surface area contributed by atoms with Gasteiger partial charge in [-0.15, -0.1) is 0 Å². The number of ether oxygens (including phenoxy) is 5. The van der Waals surface area contributed by atoms with Crippen molar-refractivity contribution in [2.45, 2.75) is 38.5 Å². The molecule has 1 fully saturated rings. The summed E-state index contributed by atoms with van der Waals surface area (Å²) < 4.78 is 68.6. The normalized spacial score (nSPS) is 14.9. The summed E-state index contributed by atoms with van der Waals surface area (Å²) >= 11 is 6.63. The zero-order valence-electron chi connectivity index (χ0n) is 29.6. The molecule has 0 aromatic heterocycles. The highest BCUT2D eigenvalue weighted by Crippen LogP contribution is 2.40. The molecule has 4 aromatic rings. The van der Waals surface area contributed by atoms with Crippen molar-refractivity contribution in [2.75, 3.05) is 33.1 Å². The fourth-order valence-corrected chi connectivity index (χ4v) is 6.56. The summed E-state index contributed by atoms with van der Waals surface area (Å²) in [6.07, 6.45) is 1.20. The quantitative estimate of drug-likeness (QED) is 0.0982. The van der Waals surface area contributed by atoms with E-state index < -0.39 is 34.7 Å². The number of benzene rings is 4. The van der Waals surface area contributed by atoms with Gasteiger partial charge in [-0.05, 0) is 71.9 Å². The van der Waals surface area contributed by atoms with Crippen molar-refractivity contribution >= 4 is 29.2 Å². The summed E-state index contributed by atoms with van der Waals surface area (Å²) in [5.41, 5.74) is 2.99. The largest absolute Gasteiger partial charge is 0.490 e. The van der Waals surface area contributed by atoms with Crippen LogP contribution in [-0.4, -0.2) is 76.7 Å². The van der Waals surface area contributed by atoms with E-state index in [1.165, 1.54) is 11.0 Å². The summed E-state index contributed by atoms with van der Waals surface area (Å²) in [5.74, 6) is -2.71. The summed E-state index contributed by atoms with van der Waals surface area (Å²) in [5, 5.41) is 17.8. The first-order valence-electron chi connectivity index (χ1n) is 17.5. The Hall–Kier alpha value is -5.52. The molecule has 0 saturated heterocycles. The molecule has 294 valence electrons. The van der Waals surface area contributed by atoms with Crippen LogP contribution >= 0.6 is 11.6 Å². The Balaban J connectivity index is 1.10. The molecule has 2 heterocycles. The van der Waals surface area contributed by atoms with Crippen molar-refractivity contribution in [1.29, 1.82) is 0 Å². The predicted octanol–water partition coefficient (Wildman–Crippen LogP) is 7.31. The lowest BCUT2D eigenvalue weighted by Gasteiger charge is -2.33. The minimum atomic E-state index is -1.16. The summed E-state index contributed by atoms with van der Waals surface area (Å²) in [7, 11) is 0. The number of rotatable bonds is 14. The Kier molecular flexibility index (Phi) is 11.8. The van der Waals surface area contributed by atoms with Crippen LogP contribution in [0.2, 0.25) is 5.02 Å². The van der Waals surface area contributed by atoms with Crippen LogP contribution in [0, 0.1) is 17.5 Å². The maximum Gasteiger partial charge on any atom is 0.415 e. The predicted molar refractivity (Wildman–Crippen MR) is 191 cm³/mol. The molecule has 0 radical (unpaired) electrons. The Bertz CT molecular complexity index is 2110. The van der Waals surface area contributed by atoms with Gasteiger partial charge in [-0.1, -0.05) is 35.9 Å². The summed E-state index contributed by atoms with van der Waals surface area (Å²) in [6, 6.07) is 17.7. The number of carbonyl (C=O) groups excluding carboxylic acids is 2. The van der Waals surface area contributed by atoms with Crippen molar-refractivity contribution in [3.63, 3.8) is 0 Å². The number of hydrogen-bond donors (Lipinski definition) is 2. The van der Waals surface area contributed by atoms with Gasteiger partial charge in [0.2, 0.25) is 6.79 Å². The highest BCUT2D eigenvalue weighted by Gasteiger charge is 2.38. The van der Waals surface area contributed by atoms with Gasteiger partial charge in [0.15, 0.2) is 28.9 Å². The molecule has 0 unspecified atom stereocenters. The van der Waals surface area contributed by atoms with E-state index in [4.69, 9.17) is 45.7 Å². The van der Waals surface area contributed by atoms with Gasteiger partial charge >= 0.3 is 6.09 Å². The van der Waals surface area contributed by atoms with Crippen LogP contribution < -0.4 is 23.7 Å². The topological polar surface area (TPSA) is 140 Å². The van der Waals surface area contributed by atoms with Crippen molar-refractivity contribution in [3.05, 3.63) is 118 Å². The molecule has 0 spiro atoms. The maximum atomic E-state index is 14.7. The van der Waals surface area contributed by atoms with Gasteiger partial charge in [0.05, 0.1) is 18.5 Å². The van der Waals surface area contributed by atoms with E-state index in [1.807, 2.05) is 0 Å². The molecule has 13 nitrogen and oxygen atoms in total. The third-order valence-electron chi connectivity index (χ3n) is 9.21. The van der Waals surface area contributed by atoms with Crippen LogP contribution in [0.4, 0.5) is 18.0 Å². The molecule has 17 heteroatoms. The van der Waals surface area contributed by atoms with E-state index in [0.717, 1.165) is 18.4 Å². The SMILES string of the molecule is O=C(Oc1cccc(CON(O)O)c1)N1CCC(c2ccc(OCCOc3c(F)cc(F)cc3F)cc2)=C(C(=O)N(Cc2cc3c(cc2Cl)OCO3)C2CC2)C1. The molecular weight excluding hydrogens is 763 g/mol. The van der Waals surface area contributed by atoms with Gasteiger partial charge in [0.1, 0.15) is 30.5 Å². The lowest BCUT2D eigenvalue weighted by Crippen LogP contribution is -2.44. The number of carbonyl (C=O) groups is 2. The lowest BCUT2D eigenvalue weighted by molar-refractivity contribution is -0.497. The third-order valence-corrected chi connectivity index (χ3v) is 9.56. The average molecular weight is 798 g/mol. The zero-order chi connectivity index (χ0) is 39.3. The Morgan fingerprint density at radius 2 is 1.61 bits per heavy atom.